The van der Waals surface area contributed by atoms with Gasteiger partial charge in [-0.3, -0.25) is 9.69 Å². The third kappa shape index (κ3) is 5.52. The number of ether oxygens (including phenoxy) is 6. The summed E-state index contributed by atoms with van der Waals surface area (Å²) in [5.74, 6) is 3.54. The van der Waals surface area contributed by atoms with Crippen LogP contribution in [0.1, 0.15) is 56.6 Å². The lowest BCUT2D eigenvalue weighted by Gasteiger charge is -2.57. The fourth-order valence-electron chi connectivity index (χ4n) is 8.65. The summed E-state index contributed by atoms with van der Waals surface area (Å²) in [5.41, 5.74) is 7.12. The van der Waals surface area contributed by atoms with E-state index in [9.17, 15) is 9.90 Å². The minimum Gasteiger partial charge on any atom is -0.492 e. The first-order valence-corrected chi connectivity index (χ1v) is 17.3. The number of fused-ring (bicyclic) bond motifs is 7. The van der Waals surface area contributed by atoms with Gasteiger partial charge >= 0.3 is 0 Å². The molecule has 0 aromatic heterocycles. The van der Waals surface area contributed by atoms with Crippen LogP contribution in [0.4, 0.5) is 0 Å². The van der Waals surface area contributed by atoms with Crippen LogP contribution in [0.5, 0.6) is 34.5 Å². The van der Waals surface area contributed by atoms with E-state index < -0.39 is 18.1 Å². The van der Waals surface area contributed by atoms with E-state index >= 15 is 0 Å². The van der Waals surface area contributed by atoms with E-state index in [1.165, 1.54) is 0 Å². The molecule has 4 aromatic rings. The number of nitrogens with zero attached hydrogens (tertiary/aromatic N) is 2. The van der Waals surface area contributed by atoms with Gasteiger partial charge in [0.2, 0.25) is 5.91 Å². The first kappa shape index (κ1) is 34.5. The molecule has 1 fully saturated rings. The van der Waals surface area contributed by atoms with E-state index in [0.29, 0.717) is 66.1 Å². The van der Waals surface area contributed by atoms with Gasteiger partial charge in [0.1, 0.15) is 24.7 Å². The average molecular weight is 695 g/mol. The van der Waals surface area contributed by atoms with Gasteiger partial charge in [-0.25, -0.2) is 0 Å². The Morgan fingerprint density at radius 1 is 0.667 bits per heavy atom. The van der Waals surface area contributed by atoms with Crippen LogP contribution in [-0.4, -0.2) is 75.0 Å². The lowest BCUT2D eigenvalue weighted by Crippen LogP contribution is -2.67. The van der Waals surface area contributed by atoms with Crippen molar-refractivity contribution < 1.29 is 38.3 Å². The highest BCUT2D eigenvalue weighted by Gasteiger charge is 2.56. The second kappa shape index (κ2) is 14.0. The number of carbonyl (C=O) groups is 1. The molecular formula is C41H46N2O8. The quantitative estimate of drug-likeness (QED) is 0.206. The third-order valence-corrected chi connectivity index (χ3v) is 10.9. The smallest absolute Gasteiger partial charge is 0.241 e. The van der Waals surface area contributed by atoms with Crippen molar-refractivity contribution in [2.75, 3.05) is 42.1 Å². The topological polar surface area (TPSA) is 99.2 Å². The molecule has 0 radical (unpaired) electrons. The summed E-state index contributed by atoms with van der Waals surface area (Å²) in [4.78, 5) is 18.8. The van der Waals surface area contributed by atoms with Crippen LogP contribution in [0.25, 0.3) is 0 Å². The molecular weight excluding hydrogens is 648 g/mol. The van der Waals surface area contributed by atoms with Crippen molar-refractivity contribution in [1.29, 1.82) is 0 Å². The molecule has 268 valence electrons. The maximum atomic E-state index is 14.8. The lowest BCUT2D eigenvalue weighted by atomic mass is 9.73. The van der Waals surface area contributed by atoms with E-state index in [4.69, 9.17) is 28.4 Å². The number of methoxy groups -OCH3 is 4. The van der Waals surface area contributed by atoms with Gasteiger partial charge in [-0.2, -0.15) is 0 Å². The van der Waals surface area contributed by atoms with E-state index in [2.05, 4.69) is 4.90 Å². The molecule has 3 aliphatic rings. The van der Waals surface area contributed by atoms with Crippen molar-refractivity contribution in [3.05, 3.63) is 105 Å². The van der Waals surface area contributed by atoms with E-state index in [-0.39, 0.29) is 18.6 Å². The van der Waals surface area contributed by atoms with E-state index in [1.54, 1.807) is 28.4 Å². The summed E-state index contributed by atoms with van der Waals surface area (Å²) in [5, 5.41) is 11.2. The summed E-state index contributed by atoms with van der Waals surface area (Å²) < 4.78 is 37.4. The van der Waals surface area contributed by atoms with Crippen molar-refractivity contribution in [3.63, 3.8) is 0 Å². The number of hydrogen-bond acceptors (Lipinski definition) is 9. The molecule has 4 atom stereocenters. The average Bonchev–Trinajstić information content (AvgIpc) is 3.15. The third-order valence-electron chi connectivity index (χ3n) is 10.9. The highest BCUT2D eigenvalue weighted by atomic mass is 16.5. The number of carbonyl (C=O) groups excluding carboxylic acids is 1. The lowest BCUT2D eigenvalue weighted by molar-refractivity contribution is -0.158. The Labute approximate surface area is 299 Å². The Kier molecular flexibility index (Phi) is 9.48. The second-order valence-corrected chi connectivity index (χ2v) is 13.4. The fourth-order valence-corrected chi connectivity index (χ4v) is 8.65. The van der Waals surface area contributed by atoms with Gasteiger partial charge in [-0.1, -0.05) is 60.7 Å². The molecule has 3 aliphatic heterocycles. The molecule has 1 saturated heterocycles. The molecule has 0 unspecified atom stereocenters. The van der Waals surface area contributed by atoms with Crippen LogP contribution < -0.4 is 28.4 Å². The van der Waals surface area contributed by atoms with Gasteiger partial charge in [-0.15, -0.1) is 0 Å². The van der Waals surface area contributed by atoms with Crippen LogP contribution in [0.3, 0.4) is 0 Å². The number of piperazine rings is 1. The zero-order chi connectivity index (χ0) is 36.0. The molecule has 7 rings (SSSR count). The monoisotopic (exact) mass is 694 g/mol. The van der Waals surface area contributed by atoms with Gasteiger partial charge in [0, 0.05) is 39.8 Å². The zero-order valence-electron chi connectivity index (χ0n) is 30.3. The molecule has 1 amide bonds. The van der Waals surface area contributed by atoms with Crippen LogP contribution in [0.15, 0.2) is 60.7 Å². The highest BCUT2D eigenvalue weighted by Crippen LogP contribution is 2.58. The molecule has 0 spiro atoms. The summed E-state index contributed by atoms with van der Waals surface area (Å²) in [6, 6.07) is 18.1. The van der Waals surface area contributed by atoms with Crippen LogP contribution in [-0.2, 0) is 30.8 Å². The highest BCUT2D eigenvalue weighted by molar-refractivity contribution is 5.87. The predicted octanol–water partition coefficient (Wildman–Crippen LogP) is 5.89. The summed E-state index contributed by atoms with van der Waals surface area (Å²) in [7, 11) is 8.49. The van der Waals surface area contributed by atoms with E-state index in [0.717, 1.165) is 38.9 Å². The summed E-state index contributed by atoms with van der Waals surface area (Å²) in [6.07, 6.45) is 0.837. The van der Waals surface area contributed by atoms with Crippen LogP contribution >= 0.6 is 0 Å². The number of amides is 1. The SMILES string of the molecule is COc1c(C)c(OCc2ccccc2)c2c(c1OC)[C@@H]1[C@@H]3Cc4c(OCc5ccccc5)c(C)c(OC)c(OC)c4[C@@H](CO)N3C(=O)[C@H](C2)N1C. The van der Waals surface area contributed by atoms with Gasteiger partial charge in [0.05, 0.1) is 59.2 Å². The Hall–Kier alpha value is -4.93. The molecule has 2 bridgehead atoms. The maximum Gasteiger partial charge on any atom is 0.241 e. The number of aliphatic hydroxyl groups is 1. The Morgan fingerprint density at radius 2 is 1.14 bits per heavy atom. The van der Waals surface area contributed by atoms with Crippen molar-refractivity contribution in [2.24, 2.45) is 0 Å². The molecule has 0 aliphatic carbocycles. The number of rotatable bonds is 11. The Balaban J connectivity index is 1.42. The molecule has 4 aromatic carbocycles. The largest absolute Gasteiger partial charge is 0.492 e. The number of benzene rings is 4. The second-order valence-electron chi connectivity index (χ2n) is 13.4. The van der Waals surface area contributed by atoms with E-state index in [1.807, 2.05) is 86.5 Å². The van der Waals surface area contributed by atoms with Gasteiger partial charge in [0.15, 0.2) is 23.0 Å². The summed E-state index contributed by atoms with van der Waals surface area (Å²) >= 11 is 0. The van der Waals surface area contributed by atoms with Crippen LogP contribution in [0, 0.1) is 13.8 Å². The van der Waals surface area contributed by atoms with Crippen molar-refractivity contribution >= 4 is 5.91 Å². The van der Waals surface area contributed by atoms with Gasteiger partial charge in [0.25, 0.3) is 0 Å². The van der Waals surface area contributed by atoms with Gasteiger partial charge in [-0.05, 0) is 38.4 Å². The first-order valence-electron chi connectivity index (χ1n) is 17.3. The molecule has 10 nitrogen and oxygen atoms in total. The minimum absolute atomic E-state index is 0.0658. The summed E-state index contributed by atoms with van der Waals surface area (Å²) in [6.45, 7) is 4.31. The van der Waals surface area contributed by atoms with Crippen LogP contribution in [0.2, 0.25) is 0 Å². The molecule has 0 saturated carbocycles. The first-order chi connectivity index (χ1) is 24.8. The number of aliphatic hydroxyl groups excluding tert-OH is 1. The van der Waals surface area contributed by atoms with Crippen molar-refractivity contribution in [2.45, 2.75) is 64.1 Å². The standard InChI is InChI=1S/C41H46N2O8/c1-23-35(50-21-25-14-10-8-11-15-25)27-18-29-34-33-28(36(24(2)38(47-5)40(33)49-7)51-22-26-16-12-9-13-17-26)19-30(42(34)3)41(45)43(29)31(20-44)32(27)39(48-6)37(23)46-4/h8-17,29-31,34,44H,18-22H2,1-7H3/t29-,30-,31+,34-/m0/s1. The molecule has 1 N–H and O–H groups in total. The Bertz CT molecular complexity index is 1930. The van der Waals surface area contributed by atoms with Crippen molar-refractivity contribution in [1.82, 2.24) is 9.80 Å². The predicted molar refractivity (Wildman–Crippen MR) is 192 cm³/mol. The fraction of sp³-hybridized carbons (Fsp3) is 0.390. The Morgan fingerprint density at radius 3 is 1.61 bits per heavy atom. The molecule has 51 heavy (non-hydrogen) atoms. The van der Waals surface area contributed by atoms with Crippen molar-refractivity contribution in [3.8, 4) is 34.5 Å². The van der Waals surface area contributed by atoms with Gasteiger partial charge < -0.3 is 38.4 Å². The molecule has 3 heterocycles. The number of likely N-dealkylation sites (N-methyl/N-ethyl adjacent to an activating group) is 1. The normalized spacial score (nSPS) is 20.5. The zero-order valence-corrected chi connectivity index (χ0v) is 30.3. The number of hydrogen-bond donors (Lipinski definition) is 1. The molecule has 10 heteroatoms. The minimum atomic E-state index is -0.706. The maximum absolute atomic E-state index is 14.8.